The van der Waals surface area contributed by atoms with Gasteiger partial charge in [0.25, 0.3) is 0 Å². The highest BCUT2D eigenvalue weighted by molar-refractivity contribution is 5.89. The number of benzene rings is 2. The molecule has 2 aromatic carbocycles. The number of carbonyl (C=O) groups excluding carboxylic acids is 4. The Bertz CT molecular complexity index is 1540. The molecular formula is C41H59N3O18. The summed E-state index contributed by atoms with van der Waals surface area (Å²) in [5.74, 6) is -1.76. The van der Waals surface area contributed by atoms with Crippen LogP contribution in [0.1, 0.15) is 43.2 Å². The van der Waals surface area contributed by atoms with E-state index in [1.165, 1.54) is 4.90 Å². The van der Waals surface area contributed by atoms with Crippen LogP contribution in [0.15, 0.2) is 60.7 Å². The number of aliphatic hydroxyl groups excluding tert-OH is 8. The molecule has 0 saturated carbocycles. The predicted octanol–water partition coefficient (Wildman–Crippen LogP) is -2.45. The predicted molar refractivity (Wildman–Crippen MR) is 212 cm³/mol. The normalized spacial score (nSPS) is 26.5. The van der Waals surface area contributed by atoms with Gasteiger partial charge in [0.1, 0.15) is 68.1 Å². The zero-order valence-electron chi connectivity index (χ0n) is 34.1. The number of unbranched alkanes of at least 4 members (excludes halogenated alkanes) is 2. The molecule has 0 spiro atoms. The first kappa shape index (κ1) is 50.3. The Hall–Kier alpha value is -4.36. The zero-order valence-corrected chi connectivity index (χ0v) is 34.1. The molecule has 0 aromatic heterocycles. The number of nitrogens with one attached hydrogen (secondary N) is 2. The van der Waals surface area contributed by atoms with Crippen molar-refractivity contribution in [1.82, 2.24) is 15.5 Å². The molecule has 3 amide bonds. The van der Waals surface area contributed by atoms with E-state index in [2.05, 4.69) is 10.6 Å². The lowest BCUT2D eigenvalue weighted by Crippen LogP contribution is -2.59. The smallest absolute Gasteiger partial charge is 0.408 e. The molecule has 11 atom stereocenters. The molecule has 2 saturated heterocycles. The van der Waals surface area contributed by atoms with E-state index in [4.69, 9.17) is 28.4 Å². The summed E-state index contributed by atoms with van der Waals surface area (Å²) in [4.78, 5) is 53.3. The fourth-order valence-corrected chi connectivity index (χ4v) is 6.48. The highest BCUT2D eigenvalue weighted by Gasteiger charge is 2.45. The molecule has 0 bridgehead atoms. The van der Waals surface area contributed by atoms with Crippen LogP contribution < -0.4 is 10.6 Å². The first-order valence-corrected chi connectivity index (χ1v) is 20.4. The maximum atomic E-state index is 13.4. The van der Waals surface area contributed by atoms with Gasteiger partial charge in [0.15, 0.2) is 12.6 Å². The fourth-order valence-electron chi connectivity index (χ4n) is 6.48. The van der Waals surface area contributed by atoms with E-state index in [1.54, 1.807) is 48.5 Å². The minimum Gasteiger partial charge on any atom is -0.461 e. The van der Waals surface area contributed by atoms with E-state index < -0.39 is 105 Å². The monoisotopic (exact) mass is 881 g/mol. The van der Waals surface area contributed by atoms with Crippen molar-refractivity contribution in [1.29, 1.82) is 0 Å². The largest absolute Gasteiger partial charge is 0.461 e. The quantitative estimate of drug-likeness (QED) is 0.0387. The van der Waals surface area contributed by atoms with Gasteiger partial charge in [0, 0.05) is 26.1 Å². The van der Waals surface area contributed by atoms with Gasteiger partial charge in [0.05, 0.1) is 32.8 Å². The van der Waals surface area contributed by atoms with E-state index in [9.17, 15) is 60.0 Å². The van der Waals surface area contributed by atoms with Crippen LogP contribution in [0.3, 0.4) is 0 Å². The molecule has 2 heterocycles. The SMILES string of the molecule is O=C(C[C@H](NC(=O)OCc1ccccc1)C(=O)NCCCCCC(=O)N(CCO[C@H]1O[C@H](CO)[C@@H](O)[C@H](O)[C@@H]1O)CCO[C@H]1O[C@H](CO)[C@@H](O)[C@H](O)[C@@H]1O)OCc1ccccc1. The molecule has 0 unspecified atom stereocenters. The summed E-state index contributed by atoms with van der Waals surface area (Å²) in [5, 5.41) is 85.1. The number of rotatable bonds is 24. The van der Waals surface area contributed by atoms with Crippen LogP contribution in [0, 0.1) is 0 Å². The average Bonchev–Trinajstić information content (AvgIpc) is 3.28. The Labute approximate surface area is 358 Å². The van der Waals surface area contributed by atoms with Crippen LogP contribution in [0.4, 0.5) is 4.79 Å². The van der Waals surface area contributed by atoms with E-state index >= 15 is 0 Å². The molecule has 21 heteroatoms. The topological polar surface area (TPSA) is 313 Å². The van der Waals surface area contributed by atoms with Crippen molar-refractivity contribution < 1.29 is 88.5 Å². The Morgan fingerprint density at radius 2 is 1.15 bits per heavy atom. The molecule has 0 radical (unpaired) electrons. The van der Waals surface area contributed by atoms with Crippen LogP contribution in [0.5, 0.6) is 0 Å². The molecule has 2 fully saturated rings. The Morgan fingerprint density at radius 1 is 0.645 bits per heavy atom. The molecule has 2 aliphatic rings. The first-order valence-electron chi connectivity index (χ1n) is 20.4. The van der Waals surface area contributed by atoms with Crippen LogP contribution in [-0.2, 0) is 56.0 Å². The first-order chi connectivity index (χ1) is 29.8. The number of ether oxygens (including phenoxy) is 6. The third-order valence-corrected chi connectivity index (χ3v) is 10.1. The molecule has 346 valence electrons. The van der Waals surface area contributed by atoms with Gasteiger partial charge in [-0.2, -0.15) is 0 Å². The summed E-state index contributed by atoms with van der Waals surface area (Å²) in [6.45, 7) is -1.97. The van der Waals surface area contributed by atoms with Crippen molar-refractivity contribution in [2.75, 3.05) is 46.1 Å². The third kappa shape index (κ3) is 15.8. The van der Waals surface area contributed by atoms with Crippen molar-refractivity contribution in [3.63, 3.8) is 0 Å². The van der Waals surface area contributed by atoms with Crippen molar-refractivity contribution in [2.45, 2.75) is 113 Å². The second-order valence-electron chi connectivity index (χ2n) is 14.7. The van der Waals surface area contributed by atoms with Crippen molar-refractivity contribution >= 4 is 23.9 Å². The minimum absolute atomic E-state index is 0.0126. The summed E-state index contributed by atoms with van der Waals surface area (Å²) in [7, 11) is 0. The summed E-state index contributed by atoms with van der Waals surface area (Å²) >= 11 is 0. The van der Waals surface area contributed by atoms with E-state index in [1.807, 2.05) is 12.1 Å². The number of aliphatic hydroxyl groups is 8. The Balaban J connectivity index is 1.27. The van der Waals surface area contributed by atoms with Crippen LogP contribution in [-0.4, -0.2) is 183 Å². The average molecular weight is 882 g/mol. The third-order valence-electron chi connectivity index (χ3n) is 10.1. The maximum Gasteiger partial charge on any atom is 0.408 e. The van der Waals surface area contributed by atoms with Gasteiger partial charge in [-0.15, -0.1) is 0 Å². The number of amides is 3. The van der Waals surface area contributed by atoms with Gasteiger partial charge in [-0.05, 0) is 24.0 Å². The summed E-state index contributed by atoms with van der Waals surface area (Å²) < 4.78 is 32.4. The number of carbonyl (C=O) groups is 4. The van der Waals surface area contributed by atoms with Crippen LogP contribution >= 0.6 is 0 Å². The van der Waals surface area contributed by atoms with Gasteiger partial charge >= 0.3 is 12.1 Å². The fraction of sp³-hybridized carbons (Fsp3) is 0.610. The summed E-state index contributed by atoms with van der Waals surface area (Å²) in [6, 6.07) is 16.5. The second kappa shape index (κ2) is 26.3. The lowest BCUT2D eigenvalue weighted by molar-refractivity contribution is -0.303. The van der Waals surface area contributed by atoms with E-state index in [-0.39, 0.29) is 58.4 Å². The number of hydrogen-bond acceptors (Lipinski definition) is 18. The van der Waals surface area contributed by atoms with Crippen LogP contribution in [0.2, 0.25) is 0 Å². The van der Waals surface area contributed by atoms with Crippen LogP contribution in [0.25, 0.3) is 0 Å². The maximum absolute atomic E-state index is 13.4. The van der Waals surface area contributed by atoms with Crippen molar-refractivity contribution in [2.24, 2.45) is 0 Å². The molecule has 0 aliphatic carbocycles. The Morgan fingerprint density at radius 3 is 1.65 bits per heavy atom. The van der Waals surface area contributed by atoms with Gasteiger partial charge in [-0.25, -0.2) is 4.79 Å². The number of nitrogens with zero attached hydrogens (tertiary/aromatic N) is 1. The van der Waals surface area contributed by atoms with E-state index in [0.717, 1.165) is 11.1 Å². The number of esters is 1. The van der Waals surface area contributed by atoms with Gasteiger partial charge in [-0.3, -0.25) is 14.4 Å². The lowest BCUT2D eigenvalue weighted by atomic mass is 9.99. The lowest BCUT2D eigenvalue weighted by Gasteiger charge is -2.40. The van der Waals surface area contributed by atoms with Gasteiger partial charge < -0.3 is 84.8 Å². The molecule has 21 nitrogen and oxygen atoms in total. The second-order valence-corrected chi connectivity index (χ2v) is 14.7. The van der Waals surface area contributed by atoms with Crippen molar-refractivity contribution in [3.8, 4) is 0 Å². The molecule has 2 aliphatic heterocycles. The standard InChI is InChI=1S/C41H59N3O18/c45-21-28-32(49)34(51)36(53)39(61-28)57-18-16-44(17-19-58-40-37(54)35(52)33(50)29(22-46)62-40)30(47)14-8-3-9-15-42-38(55)27(20-31(48)59-23-25-10-4-1-5-11-25)43-41(56)60-24-26-12-6-2-7-13-26/h1-2,4-7,10-13,27-29,32-37,39-40,45-46,49-54H,3,8-9,14-24H2,(H,42,55)(H,43,56)/t27-,28+,29+,32+,33+,34-,35-,36-,37-,39-,40-/m0/s1. The molecular weight excluding hydrogens is 822 g/mol. The molecule has 4 rings (SSSR count). The molecule has 62 heavy (non-hydrogen) atoms. The zero-order chi connectivity index (χ0) is 45.0. The van der Waals surface area contributed by atoms with E-state index in [0.29, 0.717) is 19.3 Å². The Kier molecular flexibility index (Phi) is 21.3. The molecule has 2 aromatic rings. The number of alkyl carbamates (subject to hydrolysis) is 1. The van der Waals surface area contributed by atoms with Gasteiger partial charge in [-0.1, -0.05) is 67.1 Å². The number of hydrogen-bond donors (Lipinski definition) is 10. The highest BCUT2D eigenvalue weighted by atomic mass is 16.7. The molecule has 10 N–H and O–H groups in total. The summed E-state index contributed by atoms with van der Waals surface area (Å²) in [5.41, 5.74) is 1.46. The van der Waals surface area contributed by atoms with Crippen molar-refractivity contribution in [3.05, 3.63) is 71.8 Å². The highest BCUT2D eigenvalue weighted by Crippen LogP contribution is 2.23. The van der Waals surface area contributed by atoms with Gasteiger partial charge in [0.2, 0.25) is 11.8 Å². The minimum atomic E-state index is -1.68. The summed E-state index contributed by atoms with van der Waals surface area (Å²) in [6.07, 6.45) is -15.3.